The Balaban J connectivity index is 1.27. The largest absolute Gasteiger partial charge is 0.366 e. The normalized spacial score (nSPS) is 16.5. The van der Waals surface area contributed by atoms with Gasteiger partial charge in [-0.05, 0) is 24.1 Å². The molecule has 3 heterocycles. The van der Waals surface area contributed by atoms with E-state index in [4.69, 9.17) is 0 Å². The van der Waals surface area contributed by atoms with Crippen LogP contribution in [0.3, 0.4) is 0 Å². The van der Waals surface area contributed by atoms with Gasteiger partial charge in [0.05, 0.1) is 5.69 Å². The van der Waals surface area contributed by atoms with Crippen LogP contribution >= 0.6 is 0 Å². The summed E-state index contributed by atoms with van der Waals surface area (Å²) >= 11 is 0. The van der Waals surface area contributed by atoms with Crippen LogP contribution in [-0.2, 0) is 13.1 Å². The van der Waals surface area contributed by atoms with Crippen molar-refractivity contribution in [3.63, 3.8) is 0 Å². The van der Waals surface area contributed by atoms with Gasteiger partial charge in [-0.15, -0.1) is 0 Å². The lowest BCUT2D eigenvalue weighted by Gasteiger charge is -2.35. The molecule has 2 aliphatic heterocycles. The second kappa shape index (κ2) is 9.05. The molecule has 2 aromatic carbocycles. The van der Waals surface area contributed by atoms with Crippen LogP contribution in [0.5, 0.6) is 0 Å². The minimum absolute atomic E-state index is 0.104. The molecule has 0 atom stereocenters. The second-order valence-corrected chi connectivity index (χ2v) is 8.43. The third-order valence-electron chi connectivity index (χ3n) is 6.28. The quantitative estimate of drug-likeness (QED) is 0.617. The number of hydrogen-bond donors (Lipinski definition) is 0. The molecule has 1 fully saturated rings. The number of carbonyl (C=O) groups excluding carboxylic acids is 2. The number of piperazine rings is 1. The molecule has 8 heteroatoms. The van der Waals surface area contributed by atoms with Gasteiger partial charge in [-0.25, -0.2) is 4.39 Å². The number of fused-ring (bicyclic) bond motifs is 1. The average molecular weight is 448 g/mol. The monoisotopic (exact) mass is 447 g/mol. The van der Waals surface area contributed by atoms with Gasteiger partial charge in [0.25, 0.3) is 11.8 Å². The van der Waals surface area contributed by atoms with E-state index in [0.29, 0.717) is 62.9 Å². The summed E-state index contributed by atoms with van der Waals surface area (Å²) in [7, 11) is 0. The Kier molecular flexibility index (Phi) is 5.81. The van der Waals surface area contributed by atoms with Crippen molar-refractivity contribution in [3.05, 3.63) is 83.4 Å². The van der Waals surface area contributed by atoms with Gasteiger partial charge < -0.3 is 14.7 Å². The van der Waals surface area contributed by atoms with E-state index in [9.17, 15) is 14.0 Å². The highest BCUT2D eigenvalue weighted by Crippen LogP contribution is 2.22. The number of nitrogens with zero attached hydrogens (tertiary/aromatic N) is 5. The van der Waals surface area contributed by atoms with Crippen LogP contribution < -0.4 is 4.90 Å². The molecule has 0 saturated carbocycles. The van der Waals surface area contributed by atoms with Crippen LogP contribution in [0, 0.1) is 5.82 Å². The van der Waals surface area contributed by atoms with Gasteiger partial charge in [0, 0.05) is 51.9 Å². The SMILES string of the molecule is O=C(c1cc2n(n1)CCCN(Cc1ccccc1)C2=O)N1CCN(c2ccccc2F)CC1. The maximum Gasteiger partial charge on any atom is 0.274 e. The van der Waals surface area contributed by atoms with E-state index < -0.39 is 0 Å². The first-order chi connectivity index (χ1) is 16.1. The van der Waals surface area contributed by atoms with E-state index in [1.807, 2.05) is 46.2 Å². The predicted molar refractivity (Wildman–Crippen MR) is 123 cm³/mol. The Hall–Kier alpha value is -3.68. The third-order valence-corrected chi connectivity index (χ3v) is 6.28. The molecule has 0 unspecified atom stereocenters. The molecule has 1 saturated heterocycles. The lowest BCUT2D eigenvalue weighted by atomic mass is 10.2. The van der Waals surface area contributed by atoms with Crippen LogP contribution in [0.15, 0.2) is 60.7 Å². The molecule has 33 heavy (non-hydrogen) atoms. The van der Waals surface area contributed by atoms with E-state index >= 15 is 0 Å². The van der Waals surface area contributed by atoms with Crippen LogP contribution in [0.25, 0.3) is 0 Å². The standard InChI is InChI=1S/C25H26FN5O2/c26-20-9-4-5-10-22(20)28-13-15-29(16-14-28)24(32)21-17-23-25(33)30(11-6-12-31(23)27-21)18-19-7-2-1-3-8-19/h1-5,7-10,17H,6,11-16,18H2. The highest BCUT2D eigenvalue weighted by Gasteiger charge is 2.29. The third kappa shape index (κ3) is 4.33. The molecule has 5 rings (SSSR count). The zero-order valence-electron chi connectivity index (χ0n) is 18.4. The maximum atomic E-state index is 14.1. The molecular formula is C25H26FN5O2. The number of carbonyl (C=O) groups is 2. The summed E-state index contributed by atoms with van der Waals surface area (Å²) in [5, 5.41) is 4.47. The summed E-state index contributed by atoms with van der Waals surface area (Å²) in [6.07, 6.45) is 0.780. The van der Waals surface area contributed by atoms with Gasteiger partial charge in [-0.2, -0.15) is 5.10 Å². The smallest absolute Gasteiger partial charge is 0.274 e. The first-order valence-electron chi connectivity index (χ1n) is 11.3. The lowest BCUT2D eigenvalue weighted by Crippen LogP contribution is -2.49. The molecule has 2 amide bonds. The molecule has 0 aliphatic carbocycles. The van der Waals surface area contributed by atoms with E-state index in [1.165, 1.54) is 6.07 Å². The van der Waals surface area contributed by atoms with Crippen molar-refractivity contribution in [3.8, 4) is 0 Å². The summed E-state index contributed by atoms with van der Waals surface area (Å²) in [5.74, 6) is -0.549. The number of rotatable bonds is 4. The lowest BCUT2D eigenvalue weighted by molar-refractivity contribution is 0.0738. The predicted octanol–water partition coefficient (Wildman–Crippen LogP) is 3.03. The molecule has 1 aromatic heterocycles. The number of aromatic nitrogens is 2. The molecule has 7 nitrogen and oxygen atoms in total. The van der Waals surface area contributed by atoms with Gasteiger partial charge in [-0.1, -0.05) is 42.5 Å². The molecule has 0 bridgehead atoms. The number of aryl methyl sites for hydroxylation is 1. The average Bonchev–Trinajstić information content (AvgIpc) is 3.22. The Morgan fingerprint density at radius 2 is 1.64 bits per heavy atom. The number of hydrogen-bond acceptors (Lipinski definition) is 4. The van der Waals surface area contributed by atoms with Gasteiger partial charge in [-0.3, -0.25) is 14.3 Å². The summed E-state index contributed by atoms with van der Waals surface area (Å²) in [6.45, 7) is 3.83. The number of para-hydroxylation sites is 1. The number of halogens is 1. The zero-order chi connectivity index (χ0) is 22.8. The van der Waals surface area contributed by atoms with E-state index in [2.05, 4.69) is 5.10 Å². The van der Waals surface area contributed by atoms with E-state index in [0.717, 1.165) is 12.0 Å². The first-order valence-corrected chi connectivity index (χ1v) is 11.3. The molecule has 170 valence electrons. The fourth-order valence-electron chi connectivity index (χ4n) is 4.51. The minimum Gasteiger partial charge on any atom is -0.366 e. The molecular weight excluding hydrogens is 421 g/mol. The Bertz CT molecular complexity index is 1150. The van der Waals surface area contributed by atoms with Gasteiger partial charge >= 0.3 is 0 Å². The Labute approximate surface area is 192 Å². The summed E-state index contributed by atoms with van der Waals surface area (Å²) in [6, 6.07) is 18.2. The molecule has 2 aliphatic rings. The van der Waals surface area contributed by atoms with Gasteiger partial charge in [0.1, 0.15) is 11.5 Å². The molecule has 0 spiro atoms. The van der Waals surface area contributed by atoms with Crippen molar-refractivity contribution in [2.75, 3.05) is 37.6 Å². The van der Waals surface area contributed by atoms with Crippen molar-refractivity contribution in [1.29, 1.82) is 0 Å². The second-order valence-electron chi connectivity index (χ2n) is 8.43. The summed E-state index contributed by atoms with van der Waals surface area (Å²) in [5.41, 5.74) is 2.38. The van der Waals surface area contributed by atoms with Crippen LogP contribution in [-0.4, -0.2) is 64.1 Å². The number of amides is 2. The van der Waals surface area contributed by atoms with Crippen molar-refractivity contribution in [2.24, 2.45) is 0 Å². The minimum atomic E-state index is -0.256. The summed E-state index contributed by atoms with van der Waals surface area (Å²) in [4.78, 5) is 31.8. The van der Waals surface area contributed by atoms with Crippen LogP contribution in [0.1, 0.15) is 33.0 Å². The highest BCUT2D eigenvalue weighted by atomic mass is 19.1. The molecule has 3 aromatic rings. The molecule has 0 N–H and O–H groups in total. The van der Waals surface area contributed by atoms with Crippen molar-refractivity contribution >= 4 is 17.5 Å². The van der Waals surface area contributed by atoms with E-state index in [-0.39, 0.29) is 17.6 Å². The van der Waals surface area contributed by atoms with Gasteiger partial charge in [0.2, 0.25) is 0 Å². The zero-order valence-corrected chi connectivity index (χ0v) is 18.4. The van der Waals surface area contributed by atoms with Crippen molar-refractivity contribution < 1.29 is 14.0 Å². The van der Waals surface area contributed by atoms with Crippen molar-refractivity contribution in [1.82, 2.24) is 19.6 Å². The van der Waals surface area contributed by atoms with Gasteiger partial charge in [0.15, 0.2) is 5.69 Å². The Morgan fingerprint density at radius 3 is 2.39 bits per heavy atom. The van der Waals surface area contributed by atoms with Crippen LogP contribution in [0.2, 0.25) is 0 Å². The maximum absolute atomic E-state index is 14.1. The van der Waals surface area contributed by atoms with Crippen molar-refractivity contribution in [2.45, 2.75) is 19.5 Å². The highest BCUT2D eigenvalue weighted by molar-refractivity contribution is 5.98. The fourth-order valence-corrected chi connectivity index (χ4v) is 4.51. The number of anilines is 1. The topological polar surface area (TPSA) is 61.7 Å². The Morgan fingerprint density at radius 1 is 0.909 bits per heavy atom. The van der Waals surface area contributed by atoms with Crippen LogP contribution in [0.4, 0.5) is 10.1 Å². The first kappa shape index (κ1) is 21.2. The number of benzene rings is 2. The summed E-state index contributed by atoms with van der Waals surface area (Å²) < 4.78 is 15.8. The van der Waals surface area contributed by atoms with E-state index in [1.54, 1.807) is 27.8 Å². The molecule has 0 radical (unpaired) electrons. The fraction of sp³-hybridized carbons (Fsp3) is 0.320.